The number of aromatic nitrogens is 3. The summed E-state index contributed by atoms with van der Waals surface area (Å²) in [6.07, 6.45) is -8.26. The Kier molecular flexibility index (Phi) is 7.30. The van der Waals surface area contributed by atoms with Gasteiger partial charge in [-0.3, -0.25) is 19.6 Å². The molecular formula is C26H22F6N4O4S. The van der Waals surface area contributed by atoms with Crippen molar-refractivity contribution in [1.82, 2.24) is 20.1 Å². The number of rotatable bonds is 9. The molecule has 2 aliphatic rings. The third-order valence-electron chi connectivity index (χ3n) is 7.70. The van der Waals surface area contributed by atoms with E-state index in [0.29, 0.717) is 5.16 Å². The molecule has 41 heavy (non-hydrogen) atoms. The largest absolute Gasteiger partial charge is 0.481 e. The van der Waals surface area contributed by atoms with Gasteiger partial charge in [-0.05, 0) is 35.6 Å². The smallest absolute Gasteiger partial charge is 0.416 e. The minimum absolute atomic E-state index is 0.0721. The molecule has 2 fully saturated rings. The van der Waals surface area contributed by atoms with Gasteiger partial charge in [-0.2, -0.15) is 31.4 Å². The van der Waals surface area contributed by atoms with Crippen LogP contribution in [0.3, 0.4) is 0 Å². The Bertz CT molecular complexity index is 1390. The highest BCUT2D eigenvalue weighted by Crippen LogP contribution is 2.67. The topological polar surface area (TPSA) is 119 Å². The van der Waals surface area contributed by atoms with Crippen LogP contribution in [0.4, 0.5) is 26.3 Å². The average Bonchev–Trinajstić information content (AvgIpc) is 3.25. The van der Waals surface area contributed by atoms with Crippen LogP contribution < -0.4 is 0 Å². The van der Waals surface area contributed by atoms with E-state index in [4.69, 9.17) is 0 Å². The Morgan fingerprint density at radius 3 is 1.98 bits per heavy atom. The molecular weight excluding hydrogens is 578 g/mol. The fraction of sp³-hybridized carbons (Fsp3) is 0.385. The molecule has 0 aliphatic heterocycles. The van der Waals surface area contributed by atoms with Crippen molar-refractivity contribution in [3.05, 3.63) is 77.1 Å². The van der Waals surface area contributed by atoms with Gasteiger partial charge >= 0.3 is 24.3 Å². The van der Waals surface area contributed by atoms with E-state index >= 15 is 0 Å². The van der Waals surface area contributed by atoms with Crippen LogP contribution in [-0.2, 0) is 35.0 Å². The van der Waals surface area contributed by atoms with Crippen molar-refractivity contribution in [3.63, 3.8) is 0 Å². The number of hydrogen-bond acceptors (Lipinski definition) is 6. The predicted molar refractivity (Wildman–Crippen MR) is 131 cm³/mol. The fourth-order valence-corrected chi connectivity index (χ4v) is 7.33. The average molecular weight is 601 g/mol. The summed E-state index contributed by atoms with van der Waals surface area (Å²) in [5.74, 6) is -5.29. The van der Waals surface area contributed by atoms with E-state index in [0.717, 1.165) is 48.2 Å². The van der Waals surface area contributed by atoms with Gasteiger partial charge in [0.15, 0.2) is 5.16 Å². The highest BCUT2D eigenvalue weighted by atomic mass is 32.2. The van der Waals surface area contributed by atoms with Crippen molar-refractivity contribution in [3.8, 4) is 0 Å². The molecule has 8 nitrogen and oxygen atoms in total. The number of carbonyl (C=O) groups is 2. The number of aliphatic carboxylic acids is 2. The van der Waals surface area contributed by atoms with Crippen LogP contribution in [0, 0.1) is 17.8 Å². The summed E-state index contributed by atoms with van der Waals surface area (Å²) in [6, 6.07) is 8.44. The number of hydrogen-bond donors (Lipinski definition) is 3. The summed E-state index contributed by atoms with van der Waals surface area (Å²) in [6.45, 7) is -0.774. The second-order valence-corrected chi connectivity index (χ2v) is 11.3. The van der Waals surface area contributed by atoms with Crippen LogP contribution >= 0.6 is 11.8 Å². The first-order valence-electron chi connectivity index (χ1n) is 12.3. The third-order valence-corrected chi connectivity index (χ3v) is 8.90. The zero-order valence-electron chi connectivity index (χ0n) is 20.9. The third kappa shape index (κ3) is 5.52. The zero-order valence-corrected chi connectivity index (χ0v) is 21.7. The molecule has 2 saturated carbocycles. The van der Waals surface area contributed by atoms with Gasteiger partial charge in [0, 0.05) is 24.3 Å². The zero-order chi connectivity index (χ0) is 29.7. The van der Waals surface area contributed by atoms with E-state index in [-0.39, 0.29) is 30.6 Å². The van der Waals surface area contributed by atoms with Crippen molar-refractivity contribution in [1.29, 1.82) is 0 Å². The summed E-state index contributed by atoms with van der Waals surface area (Å²) in [4.78, 5) is 30.6. The number of aromatic amines is 1. The number of thioether (sulfide) groups is 1. The lowest BCUT2D eigenvalue weighted by Crippen LogP contribution is -2.56. The lowest BCUT2D eigenvalue weighted by molar-refractivity contribution is -0.156. The van der Waals surface area contributed by atoms with Crippen LogP contribution in [0.1, 0.15) is 28.7 Å². The van der Waals surface area contributed by atoms with Crippen LogP contribution in [0.25, 0.3) is 0 Å². The Morgan fingerprint density at radius 2 is 1.54 bits per heavy atom. The number of benzene rings is 2. The normalized spacial score (nSPS) is 25.7. The molecule has 1 aromatic heterocycles. The van der Waals surface area contributed by atoms with Crippen molar-refractivity contribution in [2.75, 3.05) is 0 Å². The highest BCUT2D eigenvalue weighted by Gasteiger charge is 2.76. The van der Waals surface area contributed by atoms with E-state index < -0.39 is 64.0 Å². The molecule has 15 heteroatoms. The molecule has 2 aliphatic carbocycles. The minimum Gasteiger partial charge on any atom is -0.481 e. The van der Waals surface area contributed by atoms with Gasteiger partial charge in [0.2, 0.25) is 0 Å². The first kappa shape index (κ1) is 28.9. The summed E-state index contributed by atoms with van der Waals surface area (Å²) in [7, 11) is 0. The van der Waals surface area contributed by atoms with Gasteiger partial charge in [-0.25, -0.2) is 4.98 Å². The monoisotopic (exact) mass is 600 g/mol. The van der Waals surface area contributed by atoms with E-state index in [2.05, 4.69) is 15.2 Å². The Labute approximate surface area is 232 Å². The molecule has 0 amide bonds. The van der Waals surface area contributed by atoms with Gasteiger partial charge in [0.05, 0.1) is 17.0 Å². The first-order chi connectivity index (χ1) is 19.2. The molecule has 5 rings (SSSR count). The Morgan fingerprint density at radius 1 is 0.976 bits per heavy atom. The standard InChI is InChI=1S/C26H22F6N4O4S/c27-25(28,29)15-5-1-3-13(7-15)10-36(11-14-4-2-6-16(8-14)26(30,31)32)24(22(39)40)9-17(41-23-33-12-34-35-23)18-19(20(18)24)21(37)38/h1-8,12,17-20H,9-11H2,(H,37,38)(H,39,40)(H,33,34,35)/t17-,18-,19-,20-,24-/m0/s1. The molecule has 218 valence electrons. The summed E-state index contributed by atoms with van der Waals surface area (Å²) >= 11 is 1.11. The molecule has 3 aromatic rings. The van der Waals surface area contributed by atoms with Gasteiger partial charge in [-0.1, -0.05) is 48.2 Å². The number of halogens is 6. The lowest BCUT2D eigenvalue weighted by atomic mass is 9.86. The number of fused-ring (bicyclic) bond motifs is 1. The molecule has 5 atom stereocenters. The molecule has 2 aromatic carbocycles. The Balaban J connectivity index is 1.59. The van der Waals surface area contributed by atoms with Crippen LogP contribution in [0.15, 0.2) is 60.0 Å². The minimum atomic E-state index is -4.69. The van der Waals surface area contributed by atoms with Crippen molar-refractivity contribution >= 4 is 23.7 Å². The molecule has 0 radical (unpaired) electrons. The predicted octanol–water partition coefficient (Wildman–Crippen LogP) is 5.18. The number of nitrogens with zero attached hydrogens (tertiary/aromatic N) is 3. The molecule has 3 N–H and O–H groups in total. The molecule has 0 bridgehead atoms. The first-order valence-corrected chi connectivity index (χ1v) is 13.2. The van der Waals surface area contributed by atoms with Crippen molar-refractivity contribution in [2.24, 2.45) is 17.8 Å². The van der Waals surface area contributed by atoms with Gasteiger partial charge in [0.25, 0.3) is 0 Å². The quantitative estimate of drug-likeness (QED) is 0.288. The number of nitrogens with one attached hydrogen (secondary N) is 1. The molecule has 1 heterocycles. The number of carboxylic acid groups (broad SMARTS) is 2. The van der Waals surface area contributed by atoms with E-state index in [1.807, 2.05) is 0 Å². The van der Waals surface area contributed by atoms with E-state index in [9.17, 15) is 46.1 Å². The van der Waals surface area contributed by atoms with Gasteiger partial charge in [-0.15, -0.1) is 0 Å². The maximum atomic E-state index is 13.5. The molecule has 0 saturated heterocycles. The van der Waals surface area contributed by atoms with Crippen LogP contribution in [-0.4, -0.2) is 53.0 Å². The Hall–Kier alpha value is -3.59. The number of H-pyrrole nitrogens is 1. The second-order valence-electron chi connectivity index (χ2n) is 10.1. The molecule has 0 spiro atoms. The second kappa shape index (κ2) is 10.4. The van der Waals surface area contributed by atoms with Crippen molar-refractivity contribution < 1.29 is 46.1 Å². The van der Waals surface area contributed by atoms with Crippen LogP contribution in [0.5, 0.6) is 0 Å². The van der Waals surface area contributed by atoms with Gasteiger partial charge in [0.1, 0.15) is 11.9 Å². The lowest BCUT2D eigenvalue weighted by Gasteiger charge is -2.41. The van der Waals surface area contributed by atoms with Gasteiger partial charge < -0.3 is 10.2 Å². The maximum absolute atomic E-state index is 13.5. The molecule has 0 unspecified atom stereocenters. The summed E-state index contributed by atoms with van der Waals surface area (Å²) in [5.41, 5.74) is -3.72. The fourth-order valence-electron chi connectivity index (χ4n) is 6.00. The highest BCUT2D eigenvalue weighted by molar-refractivity contribution is 7.99. The summed E-state index contributed by atoms with van der Waals surface area (Å²) < 4.78 is 80.7. The SMILES string of the molecule is O=C(O)[C@H]1[C@H]2[C@@H]1[C@@](C(=O)O)(N(Cc1cccc(C(F)(F)F)c1)Cc1cccc(C(F)(F)F)c1)C[C@@H]2Sc1ncn[nH]1. The summed E-state index contributed by atoms with van der Waals surface area (Å²) in [5, 5.41) is 26.7. The number of carboxylic acids is 2. The van der Waals surface area contributed by atoms with Crippen LogP contribution in [0.2, 0.25) is 0 Å². The van der Waals surface area contributed by atoms with E-state index in [1.165, 1.54) is 23.4 Å². The van der Waals surface area contributed by atoms with Crippen molar-refractivity contribution in [2.45, 2.75) is 47.8 Å². The maximum Gasteiger partial charge on any atom is 0.416 e. The number of alkyl halides is 6. The van der Waals surface area contributed by atoms with E-state index in [1.54, 1.807) is 0 Å².